The number of carbonyl (C=O) groups excluding carboxylic acids is 2. The molecule has 0 aliphatic rings. The van der Waals surface area contributed by atoms with Gasteiger partial charge < -0.3 is 10.1 Å². The highest BCUT2D eigenvalue weighted by molar-refractivity contribution is 9.10. The Morgan fingerprint density at radius 1 is 1.16 bits per heavy atom. The Morgan fingerprint density at radius 3 is 2.48 bits per heavy atom. The van der Waals surface area contributed by atoms with Gasteiger partial charge in [0.15, 0.2) is 0 Å². The van der Waals surface area contributed by atoms with E-state index in [4.69, 9.17) is 16.3 Å². The zero-order chi connectivity index (χ0) is 18.2. The Morgan fingerprint density at radius 2 is 1.84 bits per heavy atom. The molecule has 0 aliphatic carbocycles. The monoisotopic (exact) mass is 419 g/mol. The molecule has 0 aliphatic heterocycles. The Hall–Kier alpha value is -2.37. The van der Waals surface area contributed by atoms with E-state index in [-0.39, 0.29) is 12.3 Å². The van der Waals surface area contributed by atoms with Crippen molar-refractivity contribution in [1.29, 1.82) is 0 Å². The summed E-state index contributed by atoms with van der Waals surface area (Å²) in [4.78, 5) is 24.7. The molecule has 4 nitrogen and oxygen atoms in total. The number of carbonyl (C=O) groups is 2. The number of halogens is 2. The number of rotatable bonds is 6. The topological polar surface area (TPSA) is 55.4 Å². The molecule has 128 valence electrons. The summed E-state index contributed by atoms with van der Waals surface area (Å²) in [6.07, 6.45) is 2.98. The van der Waals surface area contributed by atoms with Gasteiger partial charge in [-0.3, -0.25) is 4.79 Å². The number of ether oxygens (including phenoxy) is 1. The molecule has 2 rings (SSSR count). The first-order valence-electron chi connectivity index (χ1n) is 7.32. The fourth-order valence-electron chi connectivity index (χ4n) is 1.92. The Kier molecular flexibility index (Phi) is 6.98. The van der Waals surface area contributed by atoms with Gasteiger partial charge in [0, 0.05) is 9.50 Å². The van der Waals surface area contributed by atoms with E-state index in [2.05, 4.69) is 27.8 Å². The molecular formula is C19H15BrClNO3. The summed E-state index contributed by atoms with van der Waals surface area (Å²) in [5.74, 6) is -1.08. The molecule has 2 aromatic carbocycles. The molecule has 0 atom stereocenters. The first kappa shape index (κ1) is 19.0. The van der Waals surface area contributed by atoms with Crippen LogP contribution in [0.25, 0.3) is 6.08 Å². The highest BCUT2D eigenvalue weighted by atomic mass is 79.9. The predicted molar refractivity (Wildman–Crippen MR) is 102 cm³/mol. The summed E-state index contributed by atoms with van der Waals surface area (Å²) >= 11 is 9.18. The average molecular weight is 421 g/mol. The molecule has 0 bridgehead atoms. The van der Waals surface area contributed by atoms with Gasteiger partial charge in [-0.05, 0) is 51.8 Å². The summed E-state index contributed by atoms with van der Waals surface area (Å²) in [7, 11) is 0. The summed E-state index contributed by atoms with van der Waals surface area (Å²) in [5.41, 5.74) is 1.12. The lowest BCUT2D eigenvalue weighted by molar-refractivity contribution is -0.138. The highest BCUT2D eigenvalue weighted by Gasteiger charge is 2.17. The van der Waals surface area contributed by atoms with Crippen LogP contribution in [-0.2, 0) is 9.53 Å². The largest absolute Gasteiger partial charge is 0.457 e. The van der Waals surface area contributed by atoms with Gasteiger partial charge in [0.2, 0.25) is 0 Å². The number of benzene rings is 2. The number of hydrogen-bond donors (Lipinski definition) is 1. The predicted octanol–water partition coefficient (Wildman–Crippen LogP) is 4.60. The lowest BCUT2D eigenvalue weighted by Crippen LogP contribution is -2.28. The van der Waals surface area contributed by atoms with E-state index in [9.17, 15) is 9.59 Å². The Bertz CT molecular complexity index is 816. The van der Waals surface area contributed by atoms with Crippen LogP contribution in [0.2, 0.25) is 5.02 Å². The second-order valence-electron chi connectivity index (χ2n) is 4.93. The molecule has 0 saturated carbocycles. The normalized spacial score (nSPS) is 10.9. The third-order valence-electron chi connectivity index (χ3n) is 3.10. The number of nitrogens with one attached hydrogen (secondary N) is 1. The zero-order valence-corrected chi connectivity index (χ0v) is 15.5. The van der Waals surface area contributed by atoms with Crippen LogP contribution < -0.4 is 5.32 Å². The molecule has 0 saturated heterocycles. The quantitative estimate of drug-likeness (QED) is 0.422. The molecule has 2 aromatic rings. The SMILES string of the molecule is C=CCOC(=O)C(=Cc1ccc(Cl)cc1)NC(=O)c1ccccc1Br. The van der Waals surface area contributed by atoms with Gasteiger partial charge in [0.1, 0.15) is 12.3 Å². The van der Waals surface area contributed by atoms with Crippen LogP contribution in [0.5, 0.6) is 0 Å². The van der Waals surface area contributed by atoms with Gasteiger partial charge >= 0.3 is 5.97 Å². The van der Waals surface area contributed by atoms with E-state index in [0.29, 0.717) is 20.6 Å². The second kappa shape index (κ2) is 9.20. The minimum Gasteiger partial charge on any atom is -0.457 e. The Labute approximate surface area is 159 Å². The maximum absolute atomic E-state index is 12.5. The van der Waals surface area contributed by atoms with Gasteiger partial charge in [0.25, 0.3) is 5.91 Å². The van der Waals surface area contributed by atoms with Crippen molar-refractivity contribution < 1.29 is 14.3 Å². The van der Waals surface area contributed by atoms with Crippen molar-refractivity contribution >= 4 is 45.5 Å². The molecule has 0 fully saturated rings. The van der Waals surface area contributed by atoms with Gasteiger partial charge in [0.05, 0.1) is 5.56 Å². The van der Waals surface area contributed by atoms with Gasteiger partial charge in [-0.25, -0.2) is 4.79 Å². The second-order valence-corrected chi connectivity index (χ2v) is 6.22. The fraction of sp³-hybridized carbons (Fsp3) is 0.0526. The number of amides is 1. The van der Waals surface area contributed by atoms with Crippen LogP contribution in [0.15, 0.2) is 71.4 Å². The van der Waals surface area contributed by atoms with Crippen molar-refractivity contribution in [3.05, 3.63) is 87.5 Å². The van der Waals surface area contributed by atoms with Crippen LogP contribution in [0.1, 0.15) is 15.9 Å². The number of esters is 1. The van der Waals surface area contributed by atoms with Crippen molar-refractivity contribution in [2.24, 2.45) is 0 Å². The van der Waals surface area contributed by atoms with E-state index in [1.54, 1.807) is 48.5 Å². The van der Waals surface area contributed by atoms with Crippen LogP contribution >= 0.6 is 27.5 Å². The van der Waals surface area contributed by atoms with E-state index in [0.717, 1.165) is 0 Å². The van der Waals surface area contributed by atoms with Gasteiger partial charge in [-0.15, -0.1) is 0 Å². The smallest absolute Gasteiger partial charge is 0.355 e. The van der Waals surface area contributed by atoms with Crippen LogP contribution in [-0.4, -0.2) is 18.5 Å². The minimum absolute atomic E-state index is 0.0184. The first-order valence-corrected chi connectivity index (χ1v) is 8.49. The summed E-state index contributed by atoms with van der Waals surface area (Å²) in [5, 5.41) is 3.17. The summed E-state index contributed by atoms with van der Waals surface area (Å²) < 4.78 is 5.66. The molecule has 0 aromatic heterocycles. The van der Waals surface area contributed by atoms with Crippen molar-refractivity contribution in [3.8, 4) is 0 Å². The molecule has 1 amide bonds. The standard InChI is InChI=1S/C19H15BrClNO3/c1-2-11-25-19(24)17(12-13-7-9-14(21)10-8-13)22-18(23)15-5-3-4-6-16(15)20/h2-10,12H,1,11H2,(H,22,23). The van der Waals surface area contributed by atoms with E-state index in [1.165, 1.54) is 12.2 Å². The van der Waals surface area contributed by atoms with Gasteiger partial charge in [-0.1, -0.05) is 48.5 Å². The summed E-state index contributed by atoms with van der Waals surface area (Å²) in [6.45, 7) is 3.54. The van der Waals surface area contributed by atoms with E-state index < -0.39 is 11.9 Å². The van der Waals surface area contributed by atoms with Crippen LogP contribution in [0.3, 0.4) is 0 Å². The summed E-state index contributed by atoms with van der Waals surface area (Å²) in [6, 6.07) is 13.8. The lowest BCUT2D eigenvalue weighted by Gasteiger charge is -2.10. The molecule has 6 heteroatoms. The fourth-order valence-corrected chi connectivity index (χ4v) is 2.51. The number of hydrogen-bond acceptors (Lipinski definition) is 3. The van der Waals surface area contributed by atoms with Crippen molar-refractivity contribution in [2.75, 3.05) is 6.61 Å². The van der Waals surface area contributed by atoms with Crippen molar-refractivity contribution in [2.45, 2.75) is 0 Å². The maximum atomic E-state index is 12.5. The van der Waals surface area contributed by atoms with Crippen LogP contribution in [0, 0.1) is 0 Å². The molecular weight excluding hydrogens is 406 g/mol. The third-order valence-corrected chi connectivity index (χ3v) is 4.04. The molecule has 0 unspecified atom stereocenters. The van der Waals surface area contributed by atoms with Crippen molar-refractivity contribution in [1.82, 2.24) is 5.32 Å². The molecule has 0 spiro atoms. The molecule has 0 heterocycles. The molecule has 0 radical (unpaired) electrons. The Balaban J connectivity index is 2.29. The lowest BCUT2D eigenvalue weighted by atomic mass is 10.1. The van der Waals surface area contributed by atoms with E-state index in [1.807, 2.05) is 0 Å². The maximum Gasteiger partial charge on any atom is 0.355 e. The van der Waals surface area contributed by atoms with Gasteiger partial charge in [-0.2, -0.15) is 0 Å². The zero-order valence-electron chi connectivity index (χ0n) is 13.2. The third kappa shape index (κ3) is 5.59. The van der Waals surface area contributed by atoms with E-state index >= 15 is 0 Å². The molecule has 25 heavy (non-hydrogen) atoms. The minimum atomic E-state index is -0.657. The first-order chi connectivity index (χ1) is 12.0. The molecule has 1 N–H and O–H groups in total. The van der Waals surface area contributed by atoms with Crippen molar-refractivity contribution in [3.63, 3.8) is 0 Å². The average Bonchev–Trinajstić information content (AvgIpc) is 2.61. The van der Waals surface area contributed by atoms with Crippen LogP contribution in [0.4, 0.5) is 0 Å². The highest BCUT2D eigenvalue weighted by Crippen LogP contribution is 2.17.